The number of nitrogens with zero attached hydrogens (tertiary/aromatic N) is 2. The topological polar surface area (TPSA) is 67.8 Å². The minimum Gasteiger partial charge on any atom is -0.496 e. The van der Waals surface area contributed by atoms with E-state index in [1.807, 2.05) is 30.3 Å². The second-order valence-corrected chi connectivity index (χ2v) is 5.09. The van der Waals surface area contributed by atoms with Crippen LogP contribution in [0, 0.1) is 0 Å². The summed E-state index contributed by atoms with van der Waals surface area (Å²) in [5, 5.41) is 6.56. The zero-order chi connectivity index (χ0) is 17.2. The van der Waals surface area contributed by atoms with Gasteiger partial charge in [0.2, 0.25) is 5.88 Å². The van der Waals surface area contributed by atoms with Crippen LogP contribution < -0.4 is 20.1 Å². The molecule has 0 atom stereocenters. The molecule has 0 saturated carbocycles. The fourth-order valence-corrected chi connectivity index (χ4v) is 2.37. The first kappa shape index (κ1) is 17.6. The van der Waals surface area contributed by atoms with Crippen molar-refractivity contribution in [1.29, 1.82) is 0 Å². The van der Waals surface area contributed by atoms with Crippen molar-refractivity contribution in [3.05, 3.63) is 53.7 Å². The van der Waals surface area contributed by atoms with Gasteiger partial charge in [-0.25, -0.2) is 4.98 Å². The lowest BCUT2D eigenvalue weighted by Gasteiger charge is -2.14. The third-order valence-corrected chi connectivity index (χ3v) is 3.59. The Hall–Kier alpha value is -2.76. The van der Waals surface area contributed by atoms with Crippen molar-refractivity contribution >= 4 is 5.96 Å². The molecular formula is C18H24N4O2. The van der Waals surface area contributed by atoms with Gasteiger partial charge in [0.25, 0.3) is 0 Å². The number of hydrogen-bond acceptors (Lipinski definition) is 4. The number of aromatic nitrogens is 1. The van der Waals surface area contributed by atoms with Crippen LogP contribution >= 0.6 is 0 Å². The van der Waals surface area contributed by atoms with E-state index in [4.69, 9.17) is 9.47 Å². The molecule has 0 amide bonds. The number of rotatable bonds is 7. The van der Waals surface area contributed by atoms with E-state index in [0.29, 0.717) is 12.4 Å². The molecule has 0 unspecified atom stereocenters. The van der Waals surface area contributed by atoms with Crippen LogP contribution in [0.5, 0.6) is 11.6 Å². The van der Waals surface area contributed by atoms with E-state index >= 15 is 0 Å². The minimum absolute atomic E-state index is 0.589. The van der Waals surface area contributed by atoms with Crippen LogP contribution in [0.2, 0.25) is 0 Å². The van der Waals surface area contributed by atoms with Gasteiger partial charge in [0.15, 0.2) is 5.96 Å². The number of benzene rings is 1. The molecule has 2 aromatic rings. The van der Waals surface area contributed by atoms with Gasteiger partial charge in [-0.2, -0.15) is 0 Å². The van der Waals surface area contributed by atoms with Crippen molar-refractivity contribution in [2.24, 2.45) is 4.99 Å². The summed E-state index contributed by atoms with van der Waals surface area (Å²) in [5.41, 5.74) is 2.14. The number of hydrogen-bond donors (Lipinski definition) is 2. The van der Waals surface area contributed by atoms with Gasteiger partial charge >= 0.3 is 0 Å². The molecule has 24 heavy (non-hydrogen) atoms. The quantitative estimate of drug-likeness (QED) is 0.601. The number of aliphatic imine (C=N–C) groups is 1. The molecular weight excluding hydrogens is 304 g/mol. The number of para-hydroxylation sites is 1. The molecule has 0 radical (unpaired) electrons. The molecule has 0 aliphatic rings. The Balaban J connectivity index is 1.84. The van der Waals surface area contributed by atoms with Crippen LogP contribution in [0.1, 0.15) is 11.1 Å². The van der Waals surface area contributed by atoms with E-state index in [1.54, 1.807) is 27.5 Å². The average Bonchev–Trinajstić information content (AvgIpc) is 2.65. The normalized spacial score (nSPS) is 11.0. The minimum atomic E-state index is 0.589. The van der Waals surface area contributed by atoms with E-state index in [-0.39, 0.29) is 0 Å². The molecule has 0 saturated heterocycles. The number of nitrogens with one attached hydrogen (secondary N) is 2. The van der Waals surface area contributed by atoms with Gasteiger partial charge in [-0.15, -0.1) is 0 Å². The molecule has 128 valence electrons. The van der Waals surface area contributed by atoms with Crippen molar-refractivity contribution in [2.45, 2.75) is 13.0 Å². The van der Waals surface area contributed by atoms with Gasteiger partial charge in [0.1, 0.15) is 5.75 Å². The van der Waals surface area contributed by atoms with Gasteiger partial charge in [-0.1, -0.05) is 24.3 Å². The molecule has 6 nitrogen and oxygen atoms in total. The predicted molar refractivity (Wildman–Crippen MR) is 95.7 cm³/mol. The zero-order valence-electron chi connectivity index (χ0n) is 14.4. The molecule has 2 N–H and O–H groups in total. The average molecular weight is 328 g/mol. The van der Waals surface area contributed by atoms with Crippen LogP contribution in [0.3, 0.4) is 0 Å². The molecule has 0 aliphatic heterocycles. The summed E-state index contributed by atoms with van der Waals surface area (Å²) in [4.78, 5) is 8.42. The van der Waals surface area contributed by atoms with Crippen LogP contribution in [0.25, 0.3) is 0 Å². The van der Waals surface area contributed by atoms with E-state index < -0.39 is 0 Å². The largest absolute Gasteiger partial charge is 0.496 e. The lowest BCUT2D eigenvalue weighted by molar-refractivity contribution is 0.392. The summed E-state index contributed by atoms with van der Waals surface area (Å²) in [6, 6.07) is 11.9. The van der Waals surface area contributed by atoms with Crippen molar-refractivity contribution in [3.8, 4) is 11.6 Å². The molecule has 1 aromatic carbocycles. The molecule has 1 heterocycles. The highest BCUT2D eigenvalue weighted by molar-refractivity contribution is 5.79. The van der Waals surface area contributed by atoms with E-state index in [9.17, 15) is 0 Å². The van der Waals surface area contributed by atoms with E-state index in [1.165, 1.54) is 0 Å². The highest BCUT2D eigenvalue weighted by atomic mass is 16.5. The van der Waals surface area contributed by atoms with E-state index in [0.717, 1.165) is 35.8 Å². The summed E-state index contributed by atoms with van der Waals surface area (Å²) < 4.78 is 10.6. The molecule has 0 spiro atoms. The Morgan fingerprint density at radius 3 is 2.58 bits per heavy atom. The highest BCUT2D eigenvalue weighted by Gasteiger charge is 2.05. The summed E-state index contributed by atoms with van der Waals surface area (Å²) in [6.45, 7) is 1.34. The third kappa shape index (κ3) is 4.87. The number of pyridine rings is 1. The highest BCUT2D eigenvalue weighted by Crippen LogP contribution is 2.17. The third-order valence-electron chi connectivity index (χ3n) is 3.59. The fourth-order valence-electron chi connectivity index (χ4n) is 2.37. The summed E-state index contributed by atoms with van der Waals surface area (Å²) in [6.07, 6.45) is 2.56. The lowest BCUT2D eigenvalue weighted by atomic mass is 10.1. The van der Waals surface area contributed by atoms with Crippen LogP contribution in [0.15, 0.2) is 47.6 Å². The number of methoxy groups -OCH3 is 2. The van der Waals surface area contributed by atoms with Crippen LogP contribution in [-0.2, 0) is 13.0 Å². The van der Waals surface area contributed by atoms with Crippen molar-refractivity contribution in [3.63, 3.8) is 0 Å². The fraction of sp³-hybridized carbons (Fsp3) is 0.333. The maximum atomic E-state index is 5.37. The Kier molecular flexibility index (Phi) is 6.89. The van der Waals surface area contributed by atoms with Crippen molar-refractivity contribution < 1.29 is 9.47 Å². The molecule has 1 aromatic heterocycles. The summed E-state index contributed by atoms with van der Waals surface area (Å²) in [5.74, 6) is 2.26. The monoisotopic (exact) mass is 328 g/mol. The Morgan fingerprint density at radius 1 is 1.04 bits per heavy atom. The second-order valence-electron chi connectivity index (χ2n) is 5.09. The number of guanidine groups is 1. The Labute approximate surface area is 142 Å². The van der Waals surface area contributed by atoms with Gasteiger partial charge in [0.05, 0.1) is 14.2 Å². The molecule has 2 rings (SSSR count). The SMILES string of the molecule is CN=C(NCCc1ccccc1OC)NCc1cccnc1OC. The first-order valence-electron chi connectivity index (χ1n) is 7.82. The number of ether oxygens (including phenoxy) is 2. The first-order valence-corrected chi connectivity index (χ1v) is 7.82. The molecule has 0 bridgehead atoms. The van der Waals surface area contributed by atoms with Crippen LogP contribution in [-0.4, -0.2) is 38.8 Å². The van der Waals surface area contributed by atoms with Gasteiger partial charge in [-0.05, 0) is 24.1 Å². The molecule has 6 heteroatoms. The summed E-state index contributed by atoms with van der Waals surface area (Å²) in [7, 11) is 5.05. The van der Waals surface area contributed by atoms with Gasteiger partial charge in [-0.3, -0.25) is 4.99 Å². The standard InChI is InChI=1S/C18H24N4O2/c1-19-18(22-13-15-8-6-11-20-17(15)24-3)21-12-10-14-7-4-5-9-16(14)23-2/h4-9,11H,10,12-13H2,1-3H3,(H2,19,21,22). The van der Waals surface area contributed by atoms with Crippen LogP contribution in [0.4, 0.5) is 0 Å². The lowest BCUT2D eigenvalue weighted by Crippen LogP contribution is -2.38. The van der Waals surface area contributed by atoms with Gasteiger partial charge < -0.3 is 20.1 Å². The second kappa shape index (κ2) is 9.39. The first-order chi connectivity index (χ1) is 11.8. The van der Waals surface area contributed by atoms with Crippen molar-refractivity contribution in [2.75, 3.05) is 27.8 Å². The zero-order valence-corrected chi connectivity index (χ0v) is 14.4. The van der Waals surface area contributed by atoms with Gasteiger partial charge in [0, 0.05) is 31.9 Å². The smallest absolute Gasteiger partial charge is 0.218 e. The van der Waals surface area contributed by atoms with Crippen molar-refractivity contribution in [1.82, 2.24) is 15.6 Å². The summed E-state index contributed by atoms with van der Waals surface area (Å²) >= 11 is 0. The molecule has 0 fully saturated rings. The maximum Gasteiger partial charge on any atom is 0.218 e. The maximum absolute atomic E-state index is 5.37. The Morgan fingerprint density at radius 2 is 1.83 bits per heavy atom. The molecule has 0 aliphatic carbocycles. The Bertz CT molecular complexity index is 674. The predicted octanol–water partition coefficient (Wildman–Crippen LogP) is 2.01. The van der Waals surface area contributed by atoms with E-state index in [2.05, 4.69) is 26.7 Å².